The van der Waals surface area contributed by atoms with Gasteiger partial charge in [-0.2, -0.15) is 13.2 Å². The van der Waals surface area contributed by atoms with E-state index in [0.717, 1.165) is 6.07 Å². The van der Waals surface area contributed by atoms with Gasteiger partial charge in [-0.05, 0) is 18.2 Å². The summed E-state index contributed by atoms with van der Waals surface area (Å²) in [5.74, 6) is -0.726. The van der Waals surface area contributed by atoms with Gasteiger partial charge in [-0.1, -0.05) is 15.9 Å². The minimum atomic E-state index is -4.48. The van der Waals surface area contributed by atoms with E-state index in [1.54, 1.807) is 0 Å². The lowest BCUT2D eigenvalue weighted by atomic mass is 10.1. The Labute approximate surface area is 97.9 Å². The smallest absolute Gasteiger partial charge is 0.376 e. The van der Waals surface area contributed by atoms with Crippen LogP contribution in [0, 0.1) is 0 Å². The van der Waals surface area contributed by atoms with E-state index in [1.165, 1.54) is 12.1 Å². The molecule has 0 unspecified atom stereocenters. The third kappa shape index (κ3) is 3.41. The first-order chi connectivity index (χ1) is 7.30. The number of nitrogens with two attached hydrogens (primary N) is 1. The first-order valence-corrected chi connectivity index (χ1v) is 4.99. The Morgan fingerprint density at radius 1 is 1.44 bits per heavy atom. The largest absolute Gasteiger partial charge is 0.418 e. The first kappa shape index (κ1) is 12.8. The Bertz CT molecular complexity index is 406. The third-order valence-corrected chi connectivity index (χ3v) is 2.23. The maximum absolute atomic E-state index is 12.6. The zero-order valence-electron chi connectivity index (χ0n) is 7.94. The molecule has 0 aliphatic heterocycles. The molecule has 7 heteroatoms. The van der Waals surface area contributed by atoms with Gasteiger partial charge in [0.1, 0.15) is 0 Å². The fourth-order valence-corrected chi connectivity index (χ4v) is 1.45. The zero-order chi connectivity index (χ0) is 12.3. The van der Waals surface area contributed by atoms with Crippen LogP contribution in [0.2, 0.25) is 0 Å². The maximum Gasteiger partial charge on any atom is 0.418 e. The van der Waals surface area contributed by atoms with Crippen LogP contribution in [0.3, 0.4) is 0 Å². The molecule has 0 aliphatic carbocycles. The first-order valence-electron chi connectivity index (χ1n) is 4.19. The van der Waals surface area contributed by atoms with Crippen LogP contribution in [0.5, 0.6) is 0 Å². The van der Waals surface area contributed by atoms with E-state index in [9.17, 15) is 18.0 Å². The maximum atomic E-state index is 12.6. The number of amides is 1. The third-order valence-electron chi connectivity index (χ3n) is 1.74. The van der Waals surface area contributed by atoms with Crippen molar-refractivity contribution < 1.29 is 18.0 Å². The highest BCUT2D eigenvalue weighted by molar-refractivity contribution is 9.10. The topological polar surface area (TPSA) is 55.1 Å². The van der Waals surface area contributed by atoms with Gasteiger partial charge in [0.25, 0.3) is 0 Å². The number of carbonyl (C=O) groups is 1. The molecule has 0 aromatic heterocycles. The second-order valence-corrected chi connectivity index (χ2v) is 3.92. The highest BCUT2D eigenvalue weighted by Gasteiger charge is 2.33. The van der Waals surface area contributed by atoms with Crippen molar-refractivity contribution in [1.29, 1.82) is 0 Å². The quantitative estimate of drug-likeness (QED) is 0.900. The Kier molecular flexibility index (Phi) is 3.79. The van der Waals surface area contributed by atoms with E-state index in [-0.39, 0.29) is 12.2 Å². The molecule has 1 amide bonds. The lowest BCUT2D eigenvalue weighted by Crippen LogP contribution is -2.23. The van der Waals surface area contributed by atoms with E-state index in [4.69, 9.17) is 5.73 Å². The number of benzene rings is 1. The number of halogens is 4. The number of carbonyl (C=O) groups excluding carboxylic acids is 1. The van der Waals surface area contributed by atoms with Crippen molar-refractivity contribution in [3.05, 3.63) is 28.2 Å². The number of hydrogen-bond donors (Lipinski definition) is 2. The Balaban J connectivity index is 3.03. The van der Waals surface area contributed by atoms with Crippen molar-refractivity contribution in [2.45, 2.75) is 6.18 Å². The van der Waals surface area contributed by atoms with Crippen molar-refractivity contribution in [3.8, 4) is 0 Å². The number of alkyl halides is 3. The van der Waals surface area contributed by atoms with E-state index in [2.05, 4.69) is 21.2 Å². The summed E-state index contributed by atoms with van der Waals surface area (Å²) in [4.78, 5) is 10.5. The summed E-state index contributed by atoms with van der Waals surface area (Å²) in [5.41, 5.74) is 3.82. The molecule has 0 spiro atoms. The van der Waals surface area contributed by atoms with Gasteiger partial charge in [0.15, 0.2) is 0 Å². The molecule has 1 aromatic carbocycles. The summed E-state index contributed by atoms with van der Waals surface area (Å²) in [5, 5.41) is 2.33. The number of primary amides is 1. The molecular formula is C9H8BrF3N2O. The summed E-state index contributed by atoms with van der Waals surface area (Å²) in [6.07, 6.45) is -4.48. The molecule has 0 aliphatic rings. The summed E-state index contributed by atoms with van der Waals surface area (Å²) in [6, 6.07) is 3.61. The summed E-state index contributed by atoms with van der Waals surface area (Å²) < 4.78 is 38.0. The van der Waals surface area contributed by atoms with Crippen LogP contribution in [-0.4, -0.2) is 12.5 Å². The minimum Gasteiger partial charge on any atom is -0.376 e. The number of anilines is 1. The van der Waals surface area contributed by atoms with Crippen LogP contribution in [0.15, 0.2) is 22.7 Å². The van der Waals surface area contributed by atoms with Crippen LogP contribution >= 0.6 is 15.9 Å². The van der Waals surface area contributed by atoms with Crippen molar-refractivity contribution in [2.24, 2.45) is 5.73 Å². The van der Waals surface area contributed by atoms with E-state index < -0.39 is 17.6 Å². The molecule has 88 valence electrons. The highest BCUT2D eigenvalue weighted by Crippen LogP contribution is 2.36. The van der Waals surface area contributed by atoms with Crippen LogP contribution in [0.4, 0.5) is 18.9 Å². The summed E-state index contributed by atoms with van der Waals surface area (Å²) in [6.45, 7) is -0.343. The van der Waals surface area contributed by atoms with Crippen LogP contribution in [-0.2, 0) is 11.0 Å². The number of rotatable bonds is 3. The van der Waals surface area contributed by atoms with Crippen molar-refractivity contribution in [1.82, 2.24) is 0 Å². The van der Waals surface area contributed by atoms with Crippen molar-refractivity contribution in [3.63, 3.8) is 0 Å². The van der Waals surface area contributed by atoms with Crippen LogP contribution in [0.1, 0.15) is 5.56 Å². The van der Waals surface area contributed by atoms with Gasteiger partial charge in [0, 0.05) is 10.2 Å². The van der Waals surface area contributed by atoms with Crippen LogP contribution < -0.4 is 11.1 Å². The fraction of sp³-hybridized carbons (Fsp3) is 0.222. The zero-order valence-corrected chi connectivity index (χ0v) is 9.52. The lowest BCUT2D eigenvalue weighted by Gasteiger charge is -2.14. The molecule has 1 rings (SSSR count). The Hall–Kier alpha value is -1.24. The normalized spacial score (nSPS) is 11.2. The molecule has 0 saturated heterocycles. The number of nitrogens with one attached hydrogen (secondary N) is 1. The molecule has 3 N–H and O–H groups in total. The molecule has 0 atom stereocenters. The molecule has 16 heavy (non-hydrogen) atoms. The minimum absolute atomic E-state index is 0.172. The van der Waals surface area contributed by atoms with Crippen molar-refractivity contribution >= 4 is 27.5 Å². The second kappa shape index (κ2) is 4.73. The van der Waals surface area contributed by atoms with Crippen molar-refractivity contribution in [2.75, 3.05) is 11.9 Å². The fourth-order valence-electron chi connectivity index (χ4n) is 1.09. The van der Waals surface area contributed by atoms with Gasteiger partial charge < -0.3 is 11.1 Å². The molecule has 0 fully saturated rings. The van der Waals surface area contributed by atoms with Gasteiger partial charge in [-0.15, -0.1) is 0 Å². The van der Waals surface area contributed by atoms with E-state index in [1.807, 2.05) is 0 Å². The van der Waals surface area contributed by atoms with E-state index >= 15 is 0 Å². The standard InChI is InChI=1S/C9H8BrF3N2O/c10-5-1-2-7(15-4-8(14)16)6(3-5)9(11,12)13/h1-3,15H,4H2,(H2,14,16). The summed E-state index contributed by atoms with van der Waals surface area (Å²) in [7, 11) is 0. The molecule has 0 radical (unpaired) electrons. The molecular weight excluding hydrogens is 289 g/mol. The van der Waals surface area contributed by atoms with Gasteiger partial charge in [0.05, 0.1) is 12.1 Å². The van der Waals surface area contributed by atoms with Gasteiger partial charge >= 0.3 is 6.18 Å². The Morgan fingerprint density at radius 3 is 2.56 bits per heavy atom. The van der Waals surface area contributed by atoms with Gasteiger partial charge in [0.2, 0.25) is 5.91 Å². The lowest BCUT2D eigenvalue weighted by molar-refractivity contribution is -0.137. The molecule has 1 aromatic rings. The second-order valence-electron chi connectivity index (χ2n) is 3.01. The predicted octanol–water partition coefficient (Wildman–Crippen LogP) is 2.37. The van der Waals surface area contributed by atoms with Crippen LogP contribution in [0.25, 0.3) is 0 Å². The SMILES string of the molecule is NC(=O)CNc1ccc(Br)cc1C(F)(F)F. The predicted molar refractivity (Wildman–Crippen MR) is 56.8 cm³/mol. The monoisotopic (exact) mass is 296 g/mol. The van der Waals surface area contributed by atoms with E-state index in [0.29, 0.717) is 4.47 Å². The average Bonchev–Trinajstić information content (AvgIpc) is 2.14. The summed E-state index contributed by atoms with van der Waals surface area (Å²) >= 11 is 2.95. The number of hydrogen-bond acceptors (Lipinski definition) is 2. The average molecular weight is 297 g/mol. The van der Waals surface area contributed by atoms with Gasteiger partial charge in [-0.3, -0.25) is 4.79 Å². The molecule has 0 heterocycles. The molecule has 0 bridgehead atoms. The molecule has 0 saturated carbocycles. The van der Waals surface area contributed by atoms with Gasteiger partial charge in [-0.25, -0.2) is 0 Å². The molecule has 3 nitrogen and oxygen atoms in total. The highest BCUT2D eigenvalue weighted by atomic mass is 79.9. The Morgan fingerprint density at radius 2 is 2.06 bits per heavy atom.